The van der Waals surface area contributed by atoms with Crippen LogP contribution in [0.4, 0.5) is 17.1 Å². The van der Waals surface area contributed by atoms with Crippen LogP contribution in [0.3, 0.4) is 0 Å². The summed E-state index contributed by atoms with van der Waals surface area (Å²) in [6, 6.07) is 15.1. The van der Waals surface area contributed by atoms with E-state index in [2.05, 4.69) is 4.72 Å². The monoisotopic (exact) mass is 497 g/mol. The number of nitro benzene ring substituents is 1. The van der Waals surface area contributed by atoms with Crippen molar-refractivity contribution in [2.45, 2.75) is 11.3 Å². The van der Waals surface area contributed by atoms with E-state index < -0.39 is 44.7 Å². The molecule has 35 heavy (non-hydrogen) atoms. The summed E-state index contributed by atoms with van der Waals surface area (Å²) < 4.78 is 32.7. The molecule has 1 aliphatic heterocycles. The molecule has 0 saturated carbocycles. The van der Waals surface area contributed by atoms with Crippen LogP contribution in [0.2, 0.25) is 0 Å². The number of phenolic OH excluding ortho intramolecular Hbond substituents is 1. The largest absolute Gasteiger partial charge is 0.507 e. The SMILES string of the molecule is O=C(OCC(=O)N1CCc2ccccc21)c1cc(S(=O)(=O)Nc2ccc([N+](=O)[O-])cc2)ccc1O. The van der Waals surface area contributed by atoms with Crippen LogP contribution in [0.25, 0.3) is 0 Å². The molecule has 1 aliphatic rings. The van der Waals surface area contributed by atoms with Crippen LogP contribution in [0, 0.1) is 10.1 Å². The van der Waals surface area contributed by atoms with E-state index in [1.54, 1.807) is 12.1 Å². The average Bonchev–Trinajstić information content (AvgIpc) is 3.27. The van der Waals surface area contributed by atoms with E-state index in [0.29, 0.717) is 13.0 Å². The smallest absolute Gasteiger partial charge is 0.342 e. The Bertz CT molecular complexity index is 1420. The molecule has 0 radical (unpaired) electrons. The molecule has 3 aromatic carbocycles. The zero-order valence-corrected chi connectivity index (χ0v) is 18.9. The number of hydrogen-bond acceptors (Lipinski definition) is 8. The highest BCUT2D eigenvalue weighted by Crippen LogP contribution is 2.28. The number of nitrogens with one attached hydrogen (secondary N) is 1. The number of non-ortho nitro benzene ring substituents is 1. The van der Waals surface area contributed by atoms with Gasteiger partial charge in [-0.25, -0.2) is 13.2 Å². The third kappa shape index (κ3) is 5.06. The van der Waals surface area contributed by atoms with Crippen molar-refractivity contribution in [3.63, 3.8) is 0 Å². The third-order valence-corrected chi connectivity index (χ3v) is 6.72. The van der Waals surface area contributed by atoms with Gasteiger partial charge in [0.05, 0.1) is 9.82 Å². The van der Waals surface area contributed by atoms with Gasteiger partial charge in [0, 0.05) is 30.1 Å². The Hall–Kier alpha value is -4.45. The Labute approximate surface area is 199 Å². The van der Waals surface area contributed by atoms with Crippen LogP contribution in [-0.2, 0) is 26.0 Å². The number of nitro groups is 1. The highest BCUT2D eigenvalue weighted by molar-refractivity contribution is 7.92. The van der Waals surface area contributed by atoms with Crippen molar-refractivity contribution in [2.75, 3.05) is 22.8 Å². The number of aromatic hydroxyl groups is 1. The minimum Gasteiger partial charge on any atom is -0.507 e. The Morgan fingerprint density at radius 1 is 1.09 bits per heavy atom. The molecule has 2 N–H and O–H groups in total. The number of amides is 1. The third-order valence-electron chi connectivity index (χ3n) is 5.34. The fourth-order valence-electron chi connectivity index (χ4n) is 3.59. The fraction of sp³-hybridized carbons (Fsp3) is 0.130. The van der Waals surface area contributed by atoms with Crippen LogP contribution >= 0.6 is 0 Å². The van der Waals surface area contributed by atoms with Crippen molar-refractivity contribution in [1.82, 2.24) is 0 Å². The van der Waals surface area contributed by atoms with E-state index in [0.717, 1.165) is 41.6 Å². The second-order valence-corrected chi connectivity index (χ2v) is 9.27. The van der Waals surface area contributed by atoms with E-state index in [1.807, 2.05) is 12.1 Å². The zero-order chi connectivity index (χ0) is 25.2. The minimum atomic E-state index is -4.21. The van der Waals surface area contributed by atoms with E-state index >= 15 is 0 Å². The molecule has 0 bridgehead atoms. The quantitative estimate of drug-likeness (QED) is 0.287. The number of fused-ring (bicyclic) bond motifs is 1. The van der Waals surface area contributed by atoms with Crippen LogP contribution < -0.4 is 9.62 Å². The molecule has 4 rings (SSSR count). The van der Waals surface area contributed by atoms with E-state index in [9.17, 15) is 33.2 Å². The van der Waals surface area contributed by atoms with Crippen LogP contribution in [-0.4, -0.2) is 43.5 Å². The van der Waals surface area contributed by atoms with Gasteiger partial charge in [0.2, 0.25) is 0 Å². The lowest BCUT2D eigenvalue weighted by atomic mass is 10.2. The van der Waals surface area contributed by atoms with Gasteiger partial charge in [0.25, 0.3) is 21.6 Å². The Morgan fingerprint density at radius 2 is 1.80 bits per heavy atom. The van der Waals surface area contributed by atoms with Crippen LogP contribution in [0.15, 0.2) is 71.6 Å². The first-order chi connectivity index (χ1) is 16.7. The summed E-state index contributed by atoms with van der Waals surface area (Å²) in [5.74, 6) is -2.05. The van der Waals surface area contributed by atoms with Gasteiger partial charge in [0.1, 0.15) is 11.3 Å². The second-order valence-electron chi connectivity index (χ2n) is 7.59. The first-order valence-corrected chi connectivity index (χ1v) is 11.8. The van der Waals surface area contributed by atoms with E-state index in [1.165, 1.54) is 17.0 Å². The number of ether oxygens (including phenoxy) is 1. The van der Waals surface area contributed by atoms with E-state index in [-0.39, 0.29) is 16.3 Å². The number of phenols is 1. The van der Waals surface area contributed by atoms with Crippen LogP contribution in [0.5, 0.6) is 5.75 Å². The number of hydrogen-bond donors (Lipinski definition) is 2. The maximum absolute atomic E-state index is 12.7. The Kier molecular flexibility index (Phi) is 6.38. The van der Waals surface area contributed by atoms with Crippen molar-refractivity contribution >= 4 is 39.0 Å². The number of rotatable bonds is 7. The van der Waals surface area contributed by atoms with Gasteiger partial charge in [-0.05, 0) is 48.4 Å². The molecule has 3 aromatic rings. The topological polar surface area (TPSA) is 156 Å². The Morgan fingerprint density at radius 3 is 2.51 bits per heavy atom. The summed E-state index contributed by atoms with van der Waals surface area (Å²) in [7, 11) is -4.21. The lowest BCUT2D eigenvalue weighted by Crippen LogP contribution is -2.33. The number of sulfonamides is 1. The lowest BCUT2D eigenvalue weighted by molar-refractivity contribution is -0.384. The van der Waals surface area contributed by atoms with Gasteiger partial charge in [0.15, 0.2) is 6.61 Å². The summed E-state index contributed by atoms with van der Waals surface area (Å²) >= 11 is 0. The second kappa shape index (κ2) is 9.43. The van der Waals surface area contributed by atoms with Crippen molar-refractivity contribution in [3.8, 4) is 5.75 Å². The molecule has 1 heterocycles. The molecular formula is C23H19N3O8S. The number of nitrogens with zero attached hydrogens (tertiary/aromatic N) is 2. The van der Waals surface area contributed by atoms with Gasteiger partial charge in [-0.1, -0.05) is 18.2 Å². The number of anilines is 2. The standard InChI is InChI=1S/C23H19N3O8S/c27-21-10-9-18(35(32,33)24-16-5-7-17(8-6-16)26(30)31)13-19(21)23(29)34-14-22(28)25-12-11-15-3-1-2-4-20(15)25/h1-10,13,24,27H,11-12,14H2. The van der Waals surface area contributed by atoms with Crippen molar-refractivity contribution in [2.24, 2.45) is 0 Å². The maximum atomic E-state index is 12.7. The number of esters is 1. The van der Waals surface area contributed by atoms with Crippen LogP contribution in [0.1, 0.15) is 15.9 Å². The zero-order valence-electron chi connectivity index (χ0n) is 18.1. The molecule has 11 nitrogen and oxygen atoms in total. The van der Waals surface area contributed by atoms with Gasteiger partial charge in [-0.3, -0.25) is 19.6 Å². The highest BCUT2D eigenvalue weighted by Gasteiger charge is 2.26. The molecule has 0 fully saturated rings. The number of benzene rings is 3. The van der Waals surface area contributed by atoms with Crippen molar-refractivity contribution in [3.05, 3.63) is 88.0 Å². The predicted octanol–water partition coefficient (Wildman–Crippen LogP) is 2.85. The molecule has 0 unspecified atom stereocenters. The highest BCUT2D eigenvalue weighted by atomic mass is 32.2. The lowest BCUT2D eigenvalue weighted by Gasteiger charge is -2.17. The van der Waals surface area contributed by atoms with Gasteiger partial charge < -0.3 is 14.7 Å². The first kappa shape index (κ1) is 23.7. The first-order valence-electron chi connectivity index (χ1n) is 10.3. The summed E-state index contributed by atoms with van der Waals surface area (Å²) in [4.78, 5) is 36.4. The van der Waals surface area contributed by atoms with Gasteiger partial charge >= 0.3 is 5.97 Å². The molecule has 180 valence electrons. The minimum absolute atomic E-state index is 0.0595. The summed E-state index contributed by atoms with van der Waals surface area (Å²) in [5, 5.41) is 20.8. The summed E-state index contributed by atoms with van der Waals surface area (Å²) in [5.41, 5.74) is 1.15. The number of carbonyl (C=O) groups is 2. The van der Waals surface area contributed by atoms with Crippen molar-refractivity contribution in [1.29, 1.82) is 0 Å². The molecule has 12 heteroatoms. The summed E-state index contributed by atoms with van der Waals surface area (Å²) in [6.07, 6.45) is 0.679. The molecule has 1 amide bonds. The van der Waals surface area contributed by atoms with E-state index in [4.69, 9.17) is 4.74 Å². The molecule has 0 saturated heterocycles. The molecular weight excluding hydrogens is 478 g/mol. The Balaban J connectivity index is 1.46. The molecule has 0 spiro atoms. The normalized spacial score (nSPS) is 12.6. The summed E-state index contributed by atoms with van der Waals surface area (Å²) in [6.45, 7) is -0.145. The fourth-order valence-corrected chi connectivity index (χ4v) is 4.68. The maximum Gasteiger partial charge on any atom is 0.342 e. The molecule has 0 aromatic heterocycles. The molecule has 0 aliphatic carbocycles. The van der Waals surface area contributed by atoms with Gasteiger partial charge in [-0.2, -0.15) is 0 Å². The number of carbonyl (C=O) groups excluding carboxylic acids is 2. The van der Waals surface area contributed by atoms with Crippen molar-refractivity contribution < 1.29 is 32.8 Å². The predicted molar refractivity (Wildman–Crippen MR) is 125 cm³/mol. The van der Waals surface area contributed by atoms with Gasteiger partial charge in [-0.15, -0.1) is 0 Å². The number of para-hydroxylation sites is 1. The molecule has 0 atom stereocenters. The average molecular weight is 497 g/mol.